The highest BCUT2D eigenvalue weighted by molar-refractivity contribution is 7.99. The van der Waals surface area contributed by atoms with Crippen LogP contribution < -0.4 is 15.8 Å². The zero-order chi connectivity index (χ0) is 16.7. The average Bonchev–Trinajstić information content (AvgIpc) is 2.58. The Morgan fingerprint density at radius 3 is 2.71 bits per heavy atom. The minimum Gasteiger partial charge on any atom is -0.496 e. The normalized spacial score (nSPS) is 11.2. The van der Waals surface area contributed by atoms with Gasteiger partial charge >= 0.3 is 0 Å². The number of ether oxygens (including phenoxy) is 1. The summed E-state index contributed by atoms with van der Waals surface area (Å²) >= 11 is 1.73. The number of rotatable bonds is 7. The van der Waals surface area contributed by atoms with Gasteiger partial charge in [0, 0.05) is 28.4 Å². The molecule has 2 aromatic carbocycles. The molecule has 4 nitrogen and oxygen atoms in total. The standard InChI is InChI=1S/C18H22N2O2S.ClH/c1-13(12-23-17-9-4-3-8-16(17)22-2)11-20-18(21)14-6-5-7-15(19)10-14;/h3-10,13H,11-12,19H2,1-2H3,(H,20,21);1H. The van der Waals surface area contributed by atoms with Crippen molar-refractivity contribution in [2.24, 2.45) is 5.92 Å². The van der Waals surface area contributed by atoms with Gasteiger partial charge in [0.05, 0.1) is 7.11 Å². The molecule has 24 heavy (non-hydrogen) atoms. The first kappa shape index (κ1) is 20.2. The second kappa shape index (κ2) is 10.1. The highest BCUT2D eigenvalue weighted by atomic mass is 35.5. The number of amides is 1. The molecule has 1 atom stereocenters. The molecule has 0 aromatic heterocycles. The third kappa shape index (κ3) is 5.98. The van der Waals surface area contributed by atoms with Gasteiger partial charge in [0.1, 0.15) is 5.75 Å². The Morgan fingerprint density at radius 1 is 1.25 bits per heavy atom. The number of nitrogens with one attached hydrogen (secondary N) is 1. The Hall–Kier alpha value is -1.85. The van der Waals surface area contributed by atoms with Gasteiger partial charge in [-0.2, -0.15) is 0 Å². The summed E-state index contributed by atoms with van der Waals surface area (Å²) in [6.07, 6.45) is 0. The molecule has 1 unspecified atom stereocenters. The number of methoxy groups -OCH3 is 1. The fourth-order valence-electron chi connectivity index (χ4n) is 2.08. The van der Waals surface area contributed by atoms with E-state index in [1.165, 1.54) is 0 Å². The predicted molar refractivity (Wildman–Crippen MR) is 103 cm³/mol. The fourth-order valence-corrected chi connectivity index (χ4v) is 3.13. The van der Waals surface area contributed by atoms with Gasteiger partial charge in [-0.15, -0.1) is 24.2 Å². The van der Waals surface area contributed by atoms with Gasteiger partial charge in [-0.05, 0) is 36.2 Å². The van der Waals surface area contributed by atoms with E-state index in [0.717, 1.165) is 16.4 Å². The third-order valence-corrected chi connectivity index (χ3v) is 4.74. The molecule has 0 saturated heterocycles. The Morgan fingerprint density at radius 2 is 2.00 bits per heavy atom. The average molecular weight is 367 g/mol. The van der Waals surface area contributed by atoms with Crippen molar-refractivity contribution in [1.29, 1.82) is 0 Å². The minimum atomic E-state index is -0.0913. The van der Waals surface area contributed by atoms with Crippen LogP contribution in [0.5, 0.6) is 5.75 Å². The van der Waals surface area contributed by atoms with E-state index in [1.54, 1.807) is 43.1 Å². The number of para-hydroxylation sites is 1. The molecule has 0 aliphatic rings. The number of anilines is 1. The quantitative estimate of drug-likeness (QED) is 0.577. The monoisotopic (exact) mass is 366 g/mol. The highest BCUT2D eigenvalue weighted by Crippen LogP contribution is 2.29. The molecule has 130 valence electrons. The molecule has 0 bridgehead atoms. The van der Waals surface area contributed by atoms with Crippen LogP contribution in [0, 0.1) is 5.92 Å². The van der Waals surface area contributed by atoms with Gasteiger partial charge in [-0.3, -0.25) is 4.79 Å². The van der Waals surface area contributed by atoms with Crippen molar-refractivity contribution in [3.05, 3.63) is 54.1 Å². The Bertz CT molecular complexity index is 667. The van der Waals surface area contributed by atoms with Crippen molar-refractivity contribution in [2.75, 3.05) is 25.1 Å². The topological polar surface area (TPSA) is 64.3 Å². The van der Waals surface area contributed by atoms with E-state index in [1.807, 2.05) is 24.3 Å². The maximum Gasteiger partial charge on any atom is 0.251 e. The molecule has 1 amide bonds. The van der Waals surface area contributed by atoms with Gasteiger partial charge in [-0.1, -0.05) is 25.1 Å². The van der Waals surface area contributed by atoms with Crippen molar-refractivity contribution in [3.8, 4) is 5.75 Å². The van der Waals surface area contributed by atoms with Crippen molar-refractivity contribution >= 4 is 35.8 Å². The fraction of sp³-hybridized carbons (Fsp3) is 0.278. The van der Waals surface area contributed by atoms with E-state index < -0.39 is 0 Å². The summed E-state index contributed by atoms with van der Waals surface area (Å²) in [5.74, 6) is 2.03. The van der Waals surface area contributed by atoms with Crippen LogP contribution in [0.15, 0.2) is 53.4 Å². The number of carbonyl (C=O) groups is 1. The summed E-state index contributed by atoms with van der Waals surface area (Å²) in [5.41, 5.74) is 6.88. The van der Waals surface area contributed by atoms with Gasteiger partial charge < -0.3 is 15.8 Å². The van der Waals surface area contributed by atoms with Crippen LogP contribution in [0.25, 0.3) is 0 Å². The molecule has 0 aliphatic heterocycles. The zero-order valence-electron chi connectivity index (χ0n) is 13.8. The Balaban J connectivity index is 0.00000288. The van der Waals surface area contributed by atoms with Crippen LogP contribution >= 0.6 is 24.2 Å². The van der Waals surface area contributed by atoms with Crippen LogP contribution in [-0.4, -0.2) is 25.3 Å². The van der Waals surface area contributed by atoms with E-state index in [-0.39, 0.29) is 18.3 Å². The largest absolute Gasteiger partial charge is 0.496 e. The molecule has 0 spiro atoms. The predicted octanol–water partition coefficient (Wildman–Crippen LogP) is 3.86. The molecule has 0 saturated carbocycles. The van der Waals surface area contributed by atoms with E-state index in [9.17, 15) is 4.79 Å². The van der Waals surface area contributed by atoms with Gasteiger partial charge in [0.25, 0.3) is 5.91 Å². The number of benzene rings is 2. The lowest BCUT2D eigenvalue weighted by Crippen LogP contribution is -2.29. The maximum atomic E-state index is 12.1. The summed E-state index contributed by atoms with van der Waals surface area (Å²) in [5, 5.41) is 2.95. The number of carbonyl (C=O) groups excluding carboxylic acids is 1. The molecule has 6 heteroatoms. The van der Waals surface area contributed by atoms with Gasteiger partial charge in [0.2, 0.25) is 0 Å². The number of hydrogen-bond donors (Lipinski definition) is 2. The number of nitrogens with two attached hydrogens (primary N) is 1. The van der Waals surface area contributed by atoms with Gasteiger partial charge in [0.15, 0.2) is 0 Å². The summed E-state index contributed by atoms with van der Waals surface area (Å²) in [6, 6.07) is 14.9. The third-order valence-electron chi connectivity index (χ3n) is 3.35. The zero-order valence-corrected chi connectivity index (χ0v) is 15.5. The molecule has 2 rings (SSSR count). The molecular weight excluding hydrogens is 344 g/mol. The van der Waals surface area contributed by atoms with Crippen LogP contribution in [-0.2, 0) is 0 Å². The van der Waals surface area contributed by atoms with Crippen LogP contribution in [0.1, 0.15) is 17.3 Å². The van der Waals surface area contributed by atoms with E-state index >= 15 is 0 Å². The van der Waals surface area contributed by atoms with Crippen LogP contribution in [0.4, 0.5) is 5.69 Å². The lowest BCUT2D eigenvalue weighted by atomic mass is 10.1. The first-order valence-corrected chi connectivity index (χ1v) is 8.48. The van der Waals surface area contributed by atoms with Crippen molar-refractivity contribution < 1.29 is 9.53 Å². The summed E-state index contributed by atoms with van der Waals surface area (Å²) in [6.45, 7) is 2.73. The SMILES string of the molecule is COc1ccccc1SCC(C)CNC(=O)c1cccc(N)c1.Cl. The number of halogens is 1. The van der Waals surface area contributed by atoms with Gasteiger partial charge in [-0.25, -0.2) is 0 Å². The lowest BCUT2D eigenvalue weighted by Gasteiger charge is -2.14. The highest BCUT2D eigenvalue weighted by Gasteiger charge is 2.10. The molecule has 0 fully saturated rings. The lowest BCUT2D eigenvalue weighted by molar-refractivity contribution is 0.0949. The number of thioether (sulfide) groups is 1. The van der Waals surface area contributed by atoms with Crippen LogP contribution in [0.2, 0.25) is 0 Å². The van der Waals surface area contributed by atoms with Crippen molar-refractivity contribution in [2.45, 2.75) is 11.8 Å². The van der Waals surface area contributed by atoms with Crippen molar-refractivity contribution in [1.82, 2.24) is 5.32 Å². The second-order valence-electron chi connectivity index (χ2n) is 5.40. The Kier molecular flexibility index (Phi) is 8.50. The van der Waals surface area contributed by atoms with E-state index in [0.29, 0.717) is 23.7 Å². The van der Waals surface area contributed by atoms with Crippen molar-refractivity contribution in [3.63, 3.8) is 0 Å². The number of nitrogen functional groups attached to an aromatic ring is 1. The number of hydrogen-bond acceptors (Lipinski definition) is 4. The first-order chi connectivity index (χ1) is 11.1. The minimum absolute atomic E-state index is 0. The summed E-state index contributed by atoms with van der Waals surface area (Å²) < 4.78 is 5.34. The molecule has 2 aromatic rings. The smallest absolute Gasteiger partial charge is 0.251 e. The van der Waals surface area contributed by atoms with E-state index in [4.69, 9.17) is 10.5 Å². The molecular formula is C18H23ClN2O2S. The molecule has 3 N–H and O–H groups in total. The summed E-state index contributed by atoms with van der Waals surface area (Å²) in [4.78, 5) is 13.2. The van der Waals surface area contributed by atoms with Crippen LogP contribution in [0.3, 0.4) is 0 Å². The maximum absolute atomic E-state index is 12.1. The molecule has 0 heterocycles. The van der Waals surface area contributed by atoms with E-state index in [2.05, 4.69) is 12.2 Å². The Labute approximate surface area is 153 Å². The summed E-state index contributed by atoms with van der Waals surface area (Å²) in [7, 11) is 1.68. The molecule has 0 aliphatic carbocycles. The second-order valence-corrected chi connectivity index (χ2v) is 6.46. The molecule has 0 radical (unpaired) electrons. The first-order valence-electron chi connectivity index (χ1n) is 7.49.